The van der Waals surface area contributed by atoms with E-state index in [0.717, 1.165) is 16.5 Å². The summed E-state index contributed by atoms with van der Waals surface area (Å²) in [5.74, 6) is 0.130. The molecule has 152 valence electrons. The first-order valence-corrected chi connectivity index (χ1v) is 10.2. The Kier molecular flexibility index (Phi) is 4.71. The molecule has 0 unspecified atom stereocenters. The first kappa shape index (κ1) is 18.8. The van der Waals surface area contributed by atoms with E-state index in [0.29, 0.717) is 25.2 Å². The summed E-state index contributed by atoms with van der Waals surface area (Å²) in [7, 11) is 0. The molecule has 0 saturated carbocycles. The lowest BCUT2D eigenvalue weighted by Gasteiger charge is -2.30. The lowest BCUT2D eigenvalue weighted by Crippen LogP contribution is -2.38. The smallest absolute Gasteiger partial charge is 0.254 e. The maximum Gasteiger partial charge on any atom is 0.254 e. The molecule has 2 amide bonds. The molecule has 1 aromatic heterocycles. The van der Waals surface area contributed by atoms with E-state index in [2.05, 4.69) is 4.98 Å². The normalized spacial score (nSPS) is 23.0. The van der Waals surface area contributed by atoms with Crippen molar-refractivity contribution < 1.29 is 14.7 Å². The zero-order valence-electron chi connectivity index (χ0n) is 16.5. The van der Waals surface area contributed by atoms with E-state index in [4.69, 9.17) is 0 Å². The molecule has 0 aliphatic carbocycles. The SMILES string of the molecule is O=C(CO)N1C[C@H]2CN(C(=O)c3ccc4ncccc4c3)[C@H](c3ccccc3)[C@H]2C1. The average molecular weight is 401 g/mol. The van der Waals surface area contributed by atoms with E-state index in [1.807, 2.05) is 65.6 Å². The monoisotopic (exact) mass is 401 g/mol. The van der Waals surface area contributed by atoms with Crippen LogP contribution in [-0.2, 0) is 4.79 Å². The third kappa shape index (κ3) is 3.13. The van der Waals surface area contributed by atoms with Crippen LogP contribution in [0.25, 0.3) is 10.9 Å². The summed E-state index contributed by atoms with van der Waals surface area (Å²) in [6.07, 6.45) is 1.75. The van der Waals surface area contributed by atoms with Crippen LogP contribution in [0, 0.1) is 11.8 Å². The van der Waals surface area contributed by atoms with Crippen molar-refractivity contribution in [1.29, 1.82) is 0 Å². The molecule has 2 aliphatic heterocycles. The highest BCUT2D eigenvalue weighted by Crippen LogP contribution is 2.45. The van der Waals surface area contributed by atoms with E-state index in [-0.39, 0.29) is 29.7 Å². The van der Waals surface area contributed by atoms with Crippen LogP contribution in [0.1, 0.15) is 22.0 Å². The summed E-state index contributed by atoms with van der Waals surface area (Å²) >= 11 is 0. The third-order valence-corrected chi connectivity index (χ3v) is 6.40. The summed E-state index contributed by atoms with van der Waals surface area (Å²) in [5, 5.41) is 10.2. The van der Waals surface area contributed by atoms with Crippen molar-refractivity contribution in [3.05, 3.63) is 78.0 Å². The van der Waals surface area contributed by atoms with Gasteiger partial charge in [-0.15, -0.1) is 0 Å². The summed E-state index contributed by atoms with van der Waals surface area (Å²) in [4.78, 5) is 33.6. The average Bonchev–Trinajstić information content (AvgIpc) is 3.36. The molecule has 0 bridgehead atoms. The fourth-order valence-electron chi connectivity index (χ4n) is 5.01. The van der Waals surface area contributed by atoms with Gasteiger partial charge in [-0.25, -0.2) is 0 Å². The van der Waals surface area contributed by atoms with Crippen LogP contribution in [0.15, 0.2) is 66.9 Å². The summed E-state index contributed by atoms with van der Waals surface area (Å²) < 4.78 is 0. The molecular weight excluding hydrogens is 378 g/mol. The van der Waals surface area contributed by atoms with Gasteiger partial charge in [0.05, 0.1) is 11.6 Å². The van der Waals surface area contributed by atoms with Crippen molar-refractivity contribution in [2.45, 2.75) is 6.04 Å². The second kappa shape index (κ2) is 7.54. The molecule has 6 nitrogen and oxygen atoms in total. The van der Waals surface area contributed by atoms with Crippen molar-refractivity contribution in [1.82, 2.24) is 14.8 Å². The van der Waals surface area contributed by atoms with Gasteiger partial charge < -0.3 is 14.9 Å². The van der Waals surface area contributed by atoms with Gasteiger partial charge >= 0.3 is 0 Å². The number of benzene rings is 2. The van der Waals surface area contributed by atoms with Crippen molar-refractivity contribution in [3.8, 4) is 0 Å². The van der Waals surface area contributed by atoms with E-state index in [9.17, 15) is 14.7 Å². The summed E-state index contributed by atoms with van der Waals surface area (Å²) in [6, 6.07) is 19.4. The van der Waals surface area contributed by atoms with Crippen molar-refractivity contribution in [2.24, 2.45) is 11.8 Å². The van der Waals surface area contributed by atoms with Crippen LogP contribution < -0.4 is 0 Å². The van der Waals surface area contributed by atoms with Crippen LogP contribution in [0.2, 0.25) is 0 Å². The van der Waals surface area contributed by atoms with Gasteiger partial charge in [0.2, 0.25) is 5.91 Å². The first-order valence-electron chi connectivity index (χ1n) is 10.2. The number of nitrogens with zero attached hydrogens (tertiary/aromatic N) is 3. The number of hydrogen-bond donors (Lipinski definition) is 1. The fraction of sp³-hybridized carbons (Fsp3) is 0.292. The Balaban J connectivity index is 1.49. The van der Waals surface area contributed by atoms with Gasteiger partial charge in [-0.1, -0.05) is 36.4 Å². The molecule has 3 atom stereocenters. The highest BCUT2D eigenvalue weighted by molar-refractivity contribution is 5.98. The van der Waals surface area contributed by atoms with Gasteiger partial charge in [0.15, 0.2) is 0 Å². The largest absolute Gasteiger partial charge is 0.387 e. The topological polar surface area (TPSA) is 73.7 Å². The van der Waals surface area contributed by atoms with Crippen LogP contribution in [0.5, 0.6) is 0 Å². The number of likely N-dealkylation sites (tertiary alicyclic amines) is 2. The predicted octanol–water partition coefficient (Wildman–Crippen LogP) is 2.50. The molecule has 6 heteroatoms. The second-order valence-corrected chi connectivity index (χ2v) is 8.10. The summed E-state index contributed by atoms with van der Waals surface area (Å²) in [6.45, 7) is 1.28. The Labute approximate surface area is 174 Å². The first-order chi connectivity index (χ1) is 14.7. The van der Waals surface area contributed by atoms with E-state index in [1.165, 1.54) is 0 Å². The number of carbonyl (C=O) groups is 2. The van der Waals surface area contributed by atoms with E-state index in [1.54, 1.807) is 11.1 Å². The van der Waals surface area contributed by atoms with Gasteiger partial charge in [-0.05, 0) is 29.8 Å². The van der Waals surface area contributed by atoms with Crippen molar-refractivity contribution >= 4 is 22.7 Å². The lowest BCUT2D eigenvalue weighted by molar-refractivity contribution is -0.133. The Morgan fingerprint density at radius 1 is 1.00 bits per heavy atom. The van der Waals surface area contributed by atoms with Gasteiger partial charge in [-0.2, -0.15) is 0 Å². The molecule has 2 saturated heterocycles. The van der Waals surface area contributed by atoms with Gasteiger partial charge in [-0.3, -0.25) is 14.6 Å². The molecule has 2 fully saturated rings. The minimum atomic E-state index is -0.469. The molecule has 0 spiro atoms. The highest BCUT2D eigenvalue weighted by Gasteiger charge is 2.50. The third-order valence-electron chi connectivity index (χ3n) is 6.40. The Morgan fingerprint density at radius 3 is 2.63 bits per heavy atom. The Morgan fingerprint density at radius 2 is 1.83 bits per heavy atom. The zero-order valence-corrected chi connectivity index (χ0v) is 16.5. The van der Waals surface area contributed by atoms with Crippen LogP contribution >= 0.6 is 0 Å². The second-order valence-electron chi connectivity index (χ2n) is 8.10. The van der Waals surface area contributed by atoms with Crippen LogP contribution in [0.3, 0.4) is 0 Å². The zero-order chi connectivity index (χ0) is 20.7. The minimum absolute atomic E-state index is 0.00374. The number of aromatic nitrogens is 1. The molecule has 2 aliphatic rings. The number of fused-ring (bicyclic) bond motifs is 2. The van der Waals surface area contributed by atoms with Gasteiger partial charge in [0, 0.05) is 48.6 Å². The quantitative estimate of drug-likeness (QED) is 0.732. The number of amides is 2. The molecule has 5 rings (SSSR count). The molecule has 30 heavy (non-hydrogen) atoms. The molecule has 3 aromatic rings. The van der Waals surface area contributed by atoms with Crippen LogP contribution in [-0.4, -0.2) is 57.9 Å². The molecule has 1 N–H and O–H groups in total. The van der Waals surface area contributed by atoms with Crippen molar-refractivity contribution in [2.75, 3.05) is 26.2 Å². The predicted molar refractivity (Wildman–Crippen MR) is 113 cm³/mol. The Bertz CT molecular complexity index is 1100. The highest BCUT2D eigenvalue weighted by atomic mass is 16.3. The number of aliphatic hydroxyl groups excluding tert-OH is 1. The molecule has 0 radical (unpaired) electrons. The van der Waals surface area contributed by atoms with E-state index >= 15 is 0 Å². The minimum Gasteiger partial charge on any atom is -0.387 e. The fourth-order valence-corrected chi connectivity index (χ4v) is 5.01. The van der Waals surface area contributed by atoms with Gasteiger partial charge in [0.1, 0.15) is 6.61 Å². The Hall–Kier alpha value is -3.25. The standard InChI is InChI=1S/C24H23N3O3/c28-15-22(29)26-12-19-13-27(23(20(19)14-26)16-5-2-1-3-6-16)24(30)18-8-9-21-17(11-18)7-4-10-25-21/h1-11,19-20,23,28H,12-15H2/t19-,20-,23+/m0/s1. The number of rotatable bonds is 3. The molecule has 2 aromatic carbocycles. The number of pyridine rings is 1. The van der Waals surface area contributed by atoms with Gasteiger partial charge in [0.25, 0.3) is 5.91 Å². The maximum absolute atomic E-state index is 13.6. The number of aliphatic hydroxyl groups is 1. The molecular formula is C24H23N3O3. The molecule has 3 heterocycles. The summed E-state index contributed by atoms with van der Waals surface area (Å²) in [5.41, 5.74) is 2.60. The van der Waals surface area contributed by atoms with E-state index < -0.39 is 6.61 Å². The van der Waals surface area contributed by atoms with Crippen LogP contribution in [0.4, 0.5) is 0 Å². The lowest BCUT2D eigenvalue weighted by atomic mass is 9.89. The number of carbonyl (C=O) groups excluding carboxylic acids is 2. The number of hydrogen-bond acceptors (Lipinski definition) is 4. The maximum atomic E-state index is 13.6. The van der Waals surface area contributed by atoms with Crippen molar-refractivity contribution in [3.63, 3.8) is 0 Å².